The van der Waals surface area contributed by atoms with Gasteiger partial charge >= 0.3 is 5.97 Å². The molecule has 1 aliphatic rings. The molecule has 0 aromatic carbocycles. The van der Waals surface area contributed by atoms with Gasteiger partial charge in [0.2, 0.25) is 0 Å². The van der Waals surface area contributed by atoms with Gasteiger partial charge in [-0.3, -0.25) is 0 Å². The highest BCUT2D eigenvalue weighted by Crippen LogP contribution is 2.31. The summed E-state index contributed by atoms with van der Waals surface area (Å²) < 4.78 is 7.21. The molecule has 0 saturated heterocycles. The molecule has 4 heteroatoms. The Morgan fingerprint density at radius 1 is 1.61 bits per heavy atom. The number of halogens is 1. The summed E-state index contributed by atoms with van der Waals surface area (Å²) in [6.07, 6.45) is 4.26. The van der Waals surface area contributed by atoms with E-state index in [1.54, 1.807) is 0 Å². The molecule has 0 spiro atoms. The van der Waals surface area contributed by atoms with Gasteiger partial charge in [-0.15, -0.1) is 0 Å². The Morgan fingerprint density at radius 2 is 2.22 bits per heavy atom. The van der Waals surface area contributed by atoms with Crippen molar-refractivity contribution in [1.82, 2.24) is 0 Å². The zero-order valence-corrected chi connectivity index (χ0v) is 13.7. The number of hydrogen-bond acceptors (Lipinski definition) is 2. The summed E-state index contributed by atoms with van der Waals surface area (Å²) in [5, 5.41) is 0.886. The molecule has 0 saturated carbocycles. The minimum atomic E-state index is -0.163. The highest BCUT2D eigenvalue weighted by molar-refractivity contribution is 9.09. The standard InChI is InChI=1S/C14H25BrNO2/c1-6-10(2)12(13(17)18-5)16-9-14(3,4)7-11(16)8-15/h9-12H,6-8H2,1-5H3/q+1/t10-,11?,12-/m0/s1. The summed E-state index contributed by atoms with van der Waals surface area (Å²) in [4.78, 5) is 12.1. The van der Waals surface area contributed by atoms with Crippen molar-refractivity contribution in [3.8, 4) is 0 Å². The molecular formula is C14H25BrNO2+. The Labute approximate surface area is 119 Å². The van der Waals surface area contributed by atoms with Crippen LogP contribution in [0.5, 0.6) is 0 Å². The van der Waals surface area contributed by atoms with Crippen molar-refractivity contribution in [2.75, 3.05) is 12.4 Å². The second-order valence-electron chi connectivity index (χ2n) is 5.93. The van der Waals surface area contributed by atoms with Crippen molar-refractivity contribution in [2.24, 2.45) is 11.3 Å². The first-order valence-electron chi connectivity index (χ1n) is 6.63. The van der Waals surface area contributed by atoms with E-state index in [4.69, 9.17) is 4.74 Å². The molecule has 18 heavy (non-hydrogen) atoms. The fourth-order valence-electron chi connectivity index (χ4n) is 2.71. The average Bonchev–Trinajstić information content (AvgIpc) is 2.64. The van der Waals surface area contributed by atoms with Gasteiger partial charge in [0, 0.05) is 17.8 Å². The fraction of sp³-hybridized carbons (Fsp3) is 0.857. The molecule has 0 N–H and O–H groups in total. The fourth-order valence-corrected chi connectivity index (χ4v) is 3.27. The van der Waals surface area contributed by atoms with Gasteiger partial charge < -0.3 is 4.74 Å². The van der Waals surface area contributed by atoms with Crippen molar-refractivity contribution < 1.29 is 14.1 Å². The number of nitrogens with zero attached hydrogens (tertiary/aromatic N) is 1. The van der Waals surface area contributed by atoms with Crippen LogP contribution in [0.1, 0.15) is 40.5 Å². The number of carbonyl (C=O) groups excluding carboxylic acids is 1. The normalized spacial score (nSPS) is 25.4. The van der Waals surface area contributed by atoms with Crippen molar-refractivity contribution in [2.45, 2.75) is 52.6 Å². The van der Waals surface area contributed by atoms with E-state index in [1.165, 1.54) is 7.11 Å². The molecule has 3 atom stereocenters. The Bertz CT molecular complexity index is 339. The van der Waals surface area contributed by atoms with Crippen LogP contribution in [-0.2, 0) is 9.53 Å². The summed E-state index contributed by atoms with van der Waals surface area (Å²) in [6, 6.07) is 0.211. The lowest BCUT2D eigenvalue weighted by Gasteiger charge is -2.20. The summed E-state index contributed by atoms with van der Waals surface area (Å²) in [7, 11) is 1.47. The van der Waals surface area contributed by atoms with Crippen molar-refractivity contribution >= 4 is 28.1 Å². The first kappa shape index (κ1) is 15.7. The molecule has 1 rings (SSSR count). The summed E-state index contributed by atoms with van der Waals surface area (Å²) in [5.41, 5.74) is 0.151. The lowest BCUT2D eigenvalue weighted by atomic mass is 9.91. The lowest BCUT2D eigenvalue weighted by molar-refractivity contribution is -0.581. The summed E-state index contributed by atoms with van der Waals surface area (Å²) in [5.74, 6) is 0.174. The zero-order chi connectivity index (χ0) is 13.9. The van der Waals surface area contributed by atoms with Crippen LogP contribution in [0.15, 0.2) is 0 Å². The maximum Gasteiger partial charge on any atom is 0.375 e. The molecule has 1 unspecified atom stereocenters. The Morgan fingerprint density at radius 3 is 2.67 bits per heavy atom. The van der Waals surface area contributed by atoms with E-state index in [2.05, 4.69) is 54.4 Å². The average molecular weight is 319 g/mol. The van der Waals surface area contributed by atoms with Gasteiger partial charge in [-0.05, 0) is 6.42 Å². The Kier molecular flexibility index (Phi) is 5.38. The van der Waals surface area contributed by atoms with Gasteiger partial charge in [0.25, 0.3) is 6.04 Å². The monoisotopic (exact) mass is 318 g/mol. The maximum absolute atomic E-state index is 12.1. The Balaban J connectivity index is 3.08. The van der Waals surface area contributed by atoms with E-state index in [1.807, 2.05) is 0 Å². The molecule has 1 aliphatic heterocycles. The Hall–Kier alpha value is -0.380. The van der Waals surface area contributed by atoms with Crippen LogP contribution in [0, 0.1) is 11.3 Å². The van der Waals surface area contributed by atoms with E-state index in [-0.39, 0.29) is 17.4 Å². The molecule has 1 heterocycles. The zero-order valence-electron chi connectivity index (χ0n) is 12.1. The largest absolute Gasteiger partial charge is 0.464 e. The van der Waals surface area contributed by atoms with Crippen molar-refractivity contribution in [3.63, 3.8) is 0 Å². The molecule has 104 valence electrons. The maximum atomic E-state index is 12.1. The van der Waals surface area contributed by atoms with Crippen LogP contribution in [0.3, 0.4) is 0 Å². The summed E-state index contributed by atoms with van der Waals surface area (Å²) in [6.45, 7) is 8.66. The molecular weight excluding hydrogens is 294 g/mol. The van der Waals surface area contributed by atoms with E-state index >= 15 is 0 Å². The molecule has 3 nitrogen and oxygen atoms in total. The number of esters is 1. The predicted molar refractivity (Wildman–Crippen MR) is 77.6 cm³/mol. The van der Waals surface area contributed by atoms with Gasteiger partial charge in [0.05, 0.1) is 12.4 Å². The van der Waals surface area contributed by atoms with Crippen LogP contribution < -0.4 is 0 Å². The van der Waals surface area contributed by atoms with Crippen LogP contribution in [0.25, 0.3) is 0 Å². The van der Waals surface area contributed by atoms with Crippen LogP contribution >= 0.6 is 15.9 Å². The van der Waals surface area contributed by atoms with Crippen molar-refractivity contribution in [1.29, 1.82) is 0 Å². The molecule has 0 bridgehead atoms. The number of ether oxygens (including phenoxy) is 1. The molecule has 0 radical (unpaired) electrons. The van der Waals surface area contributed by atoms with Crippen LogP contribution in [-0.4, -0.2) is 41.3 Å². The second-order valence-corrected chi connectivity index (χ2v) is 6.58. The number of rotatable bonds is 5. The van der Waals surface area contributed by atoms with E-state index in [9.17, 15) is 4.79 Å². The van der Waals surface area contributed by atoms with E-state index in [0.717, 1.165) is 18.2 Å². The highest BCUT2D eigenvalue weighted by Gasteiger charge is 2.46. The third-order valence-corrected chi connectivity index (χ3v) is 4.55. The topological polar surface area (TPSA) is 29.3 Å². The molecule has 0 aliphatic carbocycles. The van der Waals surface area contributed by atoms with E-state index in [0.29, 0.717) is 12.0 Å². The summed E-state index contributed by atoms with van der Waals surface area (Å²) >= 11 is 3.56. The van der Waals surface area contributed by atoms with Crippen molar-refractivity contribution in [3.05, 3.63) is 0 Å². The minimum absolute atomic E-state index is 0.121. The third-order valence-electron chi connectivity index (χ3n) is 3.81. The van der Waals surface area contributed by atoms with Gasteiger partial charge in [-0.25, -0.2) is 9.37 Å². The van der Waals surface area contributed by atoms with Crippen LogP contribution in [0.4, 0.5) is 0 Å². The molecule has 0 fully saturated rings. The number of methoxy groups -OCH3 is 1. The number of hydrogen-bond donors (Lipinski definition) is 0. The van der Waals surface area contributed by atoms with Gasteiger partial charge in [-0.2, -0.15) is 0 Å². The second kappa shape index (κ2) is 6.18. The number of alkyl halides is 1. The smallest absolute Gasteiger partial charge is 0.375 e. The van der Waals surface area contributed by atoms with E-state index < -0.39 is 0 Å². The molecule has 0 amide bonds. The predicted octanol–water partition coefficient (Wildman–Crippen LogP) is 2.85. The number of carbonyl (C=O) groups is 1. The molecule has 0 aromatic rings. The lowest BCUT2D eigenvalue weighted by Crippen LogP contribution is -2.44. The first-order valence-corrected chi connectivity index (χ1v) is 7.75. The van der Waals surface area contributed by atoms with Gasteiger partial charge in [0.15, 0.2) is 6.04 Å². The SMILES string of the molecule is CC[C@H](C)[C@@H](C(=O)OC)[N+]1=CC(C)(C)CC1CBr. The first-order chi connectivity index (χ1) is 8.36. The molecule has 0 aromatic heterocycles. The van der Waals surface area contributed by atoms with Crippen LogP contribution in [0.2, 0.25) is 0 Å². The van der Waals surface area contributed by atoms with Gasteiger partial charge in [-0.1, -0.05) is 43.6 Å². The highest BCUT2D eigenvalue weighted by atomic mass is 79.9. The third kappa shape index (κ3) is 3.34. The quantitative estimate of drug-likeness (QED) is 0.443. The van der Waals surface area contributed by atoms with Gasteiger partial charge in [0.1, 0.15) is 6.21 Å². The minimum Gasteiger partial charge on any atom is -0.464 e.